The van der Waals surface area contributed by atoms with E-state index >= 15 is 0 Å². The highest BCUT2D eigenvalue weighted by atomic mass is 16.8. The standard InChI is InChI=1S/C66H124N2O24/c1-5-7-9-11-13-15-17-18-19-20-21-22-23-24-25-26-28-30-32-34-36-45(73)62(84)68-43(51(75)44(72)35-33-31-29-27-16-14-12-10-8-6-2)39-85-66-61(57(81)52(76)46(37-69)89-66)92-65-59(83)56(80)53(77)48(90-65)40-86-63-49(67-42(4)71)60(54(78)47(38-70)88-63)91-64-58(82)55(79)50(74)41(3)87-64/h41,43-61,63-66,69-70,72-83H,5-40H2,1-4H3,(H,67,71)(H,68,84). The fourth-order valence-corrected chi connectivity index (χ4v) is 12.6. The normalized spacial score (nSPS) is 33.3. The van der Waals surface area contributed by atoms with Crippen LogP contribution >= 0.6 is 0 Å². The third-order valence-corrected chi connectivity index (χ3v) is 18.6. The van der Waals surface area contributed by atoms with E-state index in [1.165, 1.54) is 129 Å². The SMILES string of the molecule is CCCCCCCCCCCCCCCCCCCCCCC(O)C(=O)NC(COC1OC(CO)C(O)C(O)C1OC1OC(COC2OC(CO)C(O)C(OC3OC(C)C(O)C(O)C3O)C2NC(C)=O)C(O)C(O)C1O)C(O)C(O)CCCCCCCCCCCC. The molecule has 92 heavy (non-hydrogen) atoms. The van der Waals surface area contributed by atoms with Crippen LogP contribution in [0.4, 0.5) is 0 Å². The zero-order valence-corrected chi connectivity index (χ0v) is 55.7. The molecule has 4 fully saturated rings. The lowest BCUT2D eigenvalue weighted by molar-refractivity contribution is -0.373. The van der Waals surface area contributed by atoms with Crippen molar-refractivity contribution in [3.63, 3.8) is 0 Å². The highest BCUT2D eigenvalue weighted by molar-refractivity contribution is 5.80. The van der Waals surface area contributed by atoms with Crippen LogP contribution in [0, 0.1) is 0 Å². The van der Waals surface area contributed by atoms with E-state index in [0.29, 0.717) is 12.8 Å². The summed E-state index contributed by atoms with van der Waals surface area (Å²) in [5.74, 6) is -1.55. The number of hydrogen-bond donors (Lipinski definition) is 16. The monoisotopic (exact) mass is 1330 g/mol. The Morgan fingerprint density at radius 1 is 0.435 bits per heavy atom. The number of carbonyl (C=O) groups excluding carboxylic acids is 2. The maximum absolute atomic E-state index is 13.7. The summed E-state index contributed by atoms with van der Waals surface area (Å²) in [6.45, 7) is 3.76. The number of aliphatic hydroxyl groups excluding tert-OH is 14. The molecule has 0 aromatic rings. The Labute approximate surface area is 546 Å². The van der Waals surface area contributed by atoms with Gasteiger partial charge in [0.05, 0.1) is 44.7 Å². The number of ether oxygens (including phenoxy) is 8. The minimum absolute atomic E-state index is 0.124. The average molecular weight is 1330 g/mol. The van der Waals surface area contributed by atoms with E-state index in [-0.39, 0.29) is 12.8 Å². The Kier molecular flexibility index (Phi) is 41.6. The highest BCUT2D eigenvalue weighted by Gasteiger charge is 2.54. The van der Waals surface area contributed by atoms with Gasteiger partial charge in [0.15, 0.2) is 25.2 Å². The summed E-state index contributed by atoms with van der Waals surface area (Å²) >= 11 is 0. The van der Waals surface area contributed by atoms with Gasteiger partial charge < -0.3 is 120 Å². The first-order valence-electron chi connectivity index (χ1n) is 35.3. The van der Waals surface area contributed by atoms with Crippen molar-refractivity contribution in [2.75, 3.05) is 26.4 Å². The highest BCUT2D eigenvalue weighted by Crippen LogP contribution is 2.34. The van der Waals surface area contributed by atoms with Crippen LogP contribution in [-0.2, 0) is 47.5 Å². The predicted octanol–water partition coefficient (Wildman–Crippen LogP) is 2.54. The number of nitrogens with one attached hydrogen (secondary N) is 2. The molecule has 4 saturated heterocycles. The summed E-state index contributed by atoms with van der Waals surface area (Å²) in [6.07, 6.45) is -3.12. The molecular formula is C66H124N2O24. The second-order valence-electron chi connectivity index (χ2n) is 26.4. The largest absolute Gasteiger partial charge is 0.394 e. The van der Waals surface area contributed by atoms with Gasteiger partial charge in [-0.05, 0) is 19.8 Å². The van der Waals surface area contributed by atoms with Crippen molar-refractivity contribution in [3.8, 4) is 0 Å². The van der Waals surface area contributed by atoms with Crippen LogP contribution in [0.1, 0.15) is 233 Å². The molecule has 24 atom stereocenters. The minimum Gasteiger partial charge on any atom is -0.394 e. The molecule has 16 N–H and O–H groups in total. The molecule has 26 heteroatoms. The molecule has 0 aromatic carbocycles. The molecule has 26 nitrogen and oxygen atoms in total. The van der Waals surface area contributed by atoms with E-state index < -0.39 is 185 Å². The molecule has 4 rings (SSSR count). The fraction of sp³-hybridized carbons (Fsp3) is 0.970. The third kappa shape index (κ3) is 28.1. The first-order chi connectivity index (χ1) is 44.2. The van der Waals surface area contributed by atoms with Gasteiger partial charge in [0.25, 0.3) is 0 Å². The number of carbonyl (C=O) groups is 2. The second-order valence-corrected chi connectivity index (χ2v) is 26.4. The lowest BCUT2D eigenvalue weighted by Crippen LogP contribution is -2.68. The maximum Gasteiger partial charge on any atom is 0.249 e. The Hall–Kier alpha value is -1.94. The number of unbranched alkanes of at least 4 members (excludes halogenated alkanes) is 28. The topological polar surface area (TPSA) is 415 Å². The zero-order valence-electron chi connectivity index (χ0n) is 55.7. The molecule has 0 radical (unpaired) electrons. The molecule has 542 valence electrons. The molecule has 0 bridgehead atoms. The molecule has 4 aliphatic rings. The smallest absolute Gasteiger partial charge is 0.249 e. The van der Waals surface area contributed by atoms with Crippen LogP contribution in [0.5, 0.6) is 0 Å². The molecular weight excluding hydrogens is 1200 g/mol. The first-order valence-corrected chi connectivity index (χ1v) is 35.3. The van der Waals surface area contributed by atoms with Crippen molar-refractivity contribution in [2.45, 2.75) is 380 Å². The molecule has 2 amide bonds. The number of amides is 2. The van der Waals surface area contributed by atoms with Crippen molar-refractivity contribution < 1.29 is 119 Å². The van der Waals surface area contributed by atoms with E-state index in [1.807, 2.05) is 0 Å². The van der Waals surface area contributed by atoms with Crippen molar-refractivity contribution >= 4 is 11.8 Å². The lowest BCUT2D eigenvalue weighted by Gasteiger charge is -2.48. The molecule has 0 aliphatic carbocycles. The quantitative estimate of drug-likeness (QED) is 0.0389. The molecule has 4 aliphatic heterocycles. The Bertz CT molecular complexity index is 1910. The van der Waals surface area contributed by atoms with Gasteiger partial charge in [-0.3, -0.25) is 9.59 Å². The van der Waals surface area contributed by atoms with Gasteiger partial charge >= 0.3 is 0 Å². The van der Waals surface area contributed by atoms with Crippen LogP contribution in [-0.4, -0.2) is 257 Å². The fourth-order valence-electron chi connectivity index (χ4n) is 12.6. The van der Waals surface area contributed by atoms with Crippen LogP contribution in [0.15, 0.2) is 0 Å². The van der Waals surface area contributed by atoms with E-state index in [1.54, 1.807) is 0 Å². The summed E-state index contributed by atoms with van der Waals surface area (Å²) in [4.78, 5) is 26.3. The van der Waals surface area contributed by atoms with E-state index in [0.717, 1.165) is 64.7 Å². The predicted molar refractivity (Wildman–Crippen MR) is 337 cm³/mol. The average Bonchev–Trinajstić information content (AvgIpc) is 0.838. The van der Waals surface area contributed by atoms with Crippen LogP contribution in [0.2, 0.25) is 0 Å². The van der Waals surface area contributed by atoms with Crippen molar-refractivity contribution in [2.24, 2.45) is 0 Å². The molecule has 4 heterocycles. The lowest BCUT2D eigenvalue weighted by atomic mass is 9.95. The third-order valence-electron chi connectivity index (χ3n) is 18.6. The summed E-state index contributed by atoms with van der Waals surface area (Å²) in [5, 5.41) is 159. The summed E-state index contributed by atoms with van der Waals surface area (Å²) in [5.41, 5.74) is 0. The van der Waals surface area contributed by atoms with Gasteiger partial charge in [0, 0.05) is 6.92 Å². The van der Waals surface area contributed by atoms with E-state index in [4.69, 9.17) is 37.9 Å². The maximum atomic E-state index is 13.7. The van der Waals surface area contributed by atoms with Gasteiger partial charge in [-0.15, -0.1) is 0 Å². The Morgan fingerprint density at radius 2 is 0.837 bits per heavy atom. The number of hydrogen-bond acceptors (Lipinski definition) is 24. The summed E-state index contributed by atoms with van der Waals surface area (Å²) in [6, 6.07) is -2.93. The summed E-state index contributed by atoms with van der Waals surface area (Å²) < 4.78 is 47.1. The molecule has 0 aromatic heterocycles. The van der Waals surface area contributed by atoms with E-state index in [9.17, 15) is 81.1 Å². The Morgan fingerprint density at radius 3 is 1.32 bits per heavy atom. The van der Waals surface area contributed by atoms with Gasteiger partial charge in [-0.2, -0.15) is 0 Å². The van der Waals surface area contributed by atoms with E-state index in [2.05, 4.69) is 24.5 Å². The van der Waals surface area contributed by atoms with Crippen LogP contribution < -0.4 is 10.6 Å². The number of rotatable bonds is 49. The molecule has 0 saturated carbocycles. The van der Waals surface area contributed by atoms with Gasteiger partial charge in [0.1, 0.15) is 104 Å². The number of aliphatic hydroxyl groups is 14. The zero-order chi connectivity index (χ0) is 67.5. The first kappa shape index (κ1) is 82.5. The minimum atomic E-state index is -2.10. The van der Waals surface area contributed by atoms with Gasteiger partial charge in [0.2, 0.25) is 11.8 Å². The van der Waals surface area contributed by atoms with Crippen LogP contribution in [0.3, 0.4) is 0 Å². The van der Waals surface area contributed by atoms with Crippen molar-refractivity contribution in [3.05, 3.63) is 0 Å². The second kappa shape index (κ2) is 46.4. The molecule has 0 spiro atoms. The van der Waals surface area contributed by atoms with Crippen LogP contribution in [0.25, 0.3) is 0 Å². The summed E-state index contributed by atoms with van der Waals surface area (Å²) in [7, 11) is 0. The van der Waals surface area contributed by atoms with Gasteiger partial charge in [-0.25, -0.2) is 0 Å². The molecule has 24 unspecified atom stereocenters. The Balaban J connectivity index is 1.39. The van der Waals surface area contributed by atoms with Crippen molar-refractivity contribution in [1.82, 2.24) is 10.6 Å². The van der Waals surface area contributed by atoms with Gasteiger partial charge in [-0.1, -0.05) is 206 Å². The van der Waals surface area contributed by atoms with Crippen molar-refractivity contribution in [1.29, 1.82) is 0 Å².